The van der Waals surface area contributed by atoms with Gasteiger partial charge in [-0.05, 0) is 52.7 Å². The molecule has 0 fully saturated rings. The number of hydrazone groups is 1. The first kappa shape index (κ1) is 24.4. The molecule has 1 unspecified atom stereocenters. The van der Waals surface area contributed by atoms with Gasteiger partial charge >= 0.3 is 0 Å². The molecule has 0 aliphatic carbocycles. The first-order valence-electron chi connectivity index (χ1n) is 11.8. The minimum atomic E-state index is -1.23. The van der Waals surface area contributed by atoms with E-state index in [0.29, 0.717) is 16.3 Å². The molecule has 0 bridgehead atoms. The lowest BCUT2D eigenvalue weighted by Gasteiger charge is -2.18. The van der Waals surface area contributed by atoms with Crippen LogP contribution in [0.25, 0.3) is 21.5 Å². The van der Waals surface area contributed by atoms with E-state index in [2.05, 4.69) is 26.0 Å². The van der Waals surface area contributed by atoms with Gasteiger partial charge in [-0.1, -0.05) is 54.6 Å². The predicted octanol–water partition coefficient (Wildman–Crippen LogP) is 3.71. The fraction of sp³-hybridized carbons (Fsp3) is 0.0690. The van der Waals surface area contributed by atoms with Crippen molar-refractivity contribution in [1.29, 1.82) is 0 Å². The smallest absolute Gasteiger partial charge is 0.272 e. The molecular formula is C29H23N5O4. The van der Waals surface area contributed by atoms with E-state index in [1.165, 1.54) is 6.21 Å². The standard InChI is InChI=1S/C29H23N5O4/c1-38-22-14-13-20-15-18(11-12-21(20)16-22)17-30-33-29(37)26(31-27(35)19-7-3-2-4-8-19)25-23-9-5-6-10-24(23)28(36)34-32-25/h2-17,26H,1H3,(H,31,35)(H,33,37)(H,34,36)/b30-17-. The number of carbonyl (C=O) groups is 2. The molecule has 0 saturated carbocycles. The maximum atomic E-state index is 13.3. The summed E-state index contributed by atoms with van der Waals surface area (Å²) in [5.74, 6) is -0.337. The Morgan fingerprint density at radius 2 is 1.63 bits per heavy atom. The van der Waals surface area contributed by atoms with E-state index in [1.54, 1.807) is 61.7 Å². The van der Waals surface area contributed by atoms with Crippen LogP contribution in [0, 0.1) is 0 Å². The number of carbonyl (C=O) groups excluding carboxylic acids is 2. The Hall–Kier alpha value is -5.31. The van der Waals surface area contributed by atoms with Gasteiger partial charge in [-0.3, -0.25) is 14.4 Å². The monoisotopic (exact) mass is 505 g/mol. The van der Waals surface area contributed by atoms with Crippen LogP contribution < -0.4 is 21.0 Å². The molecule has 5 rings (SSSR count). The maximum Gasteiger partial charge on any atom is 0.272 e. The molecule has 3 N–H and O–H groups in total. The zero-order chi connectivity index (χ0) is 26.5. The molecule has 9 heteroatoms. The number of aromatic nitrogens is 2. The average Bonchev–Trinajstić information content (AvgIpc) is 2.96. The van der Waals surface area contributed by atoms with E-state index in [1.807, 2.05) is 36.4 Å². The molecule has 0 aliphatic rings. The number of nitrogens with zero attached hydrogens (tertiary/aromatic N) is 2. The van der Waals surface area contributed by atoms with E-state index in [9.17, 15) is 14.4 Å². The van der Waals surface area contributed by atoms with Crippen LogP contribution in [-0.4, -0.2) is 35.3 Å². The van der Waals surface area contributed by atoms with Crippen molar-refractivity contribution in [3.8, 4) is 5.75 Å². The summed E-state index contributed by atoms with van der Waals surface area (Å²) in [6.07, 6.45) is 1.51. The van der Waals surface area contributed by atoms with E-state index < -0.39 is 23.4 Å². The summed E-state index contributed by atoms with van der Waals surface area (Å²) in [5, 5.41) is 16.1. The molecule has 5 aromatic rings. The Bertz CT molecular complexity index is 1730. The SMILES string of the molecule is COc1ccc2cc(/C=N\NC(=O)C(NC(=O)c3ccccc3)c3n[nH]c(=O)c4ccccc34)ccc2c1. The van der Waals surface area contributed by atoms with Crippen LogP contribution in [0.4, 0.5) is 0 Å². The molecule has 0 spiro atoms. The fourth-order valence-electron chi connectivity index (χ4n) is 4.10. The number of rotatable bonds is 7. The summed E-state index contributed by atoms with van der Waals surface area (Å²) in [7, 11) is 1.62. The quantitative estimate of drug-likeness (QED) is 0.230. The van der Waals surface area contributed by atoms with E-state index in [4.69, 9.17) is 4.74 Å². The van der Waals surface area contributed by atoms with Crippen LogP contribution in [0.1, 0.15) is 27.7 Å². The summed E-state index contributed by atoms with van der Waals surface area (Å²) >= 11 is 0. The third-order valence-corrected chi connectivity index (χ3v) is 6.03. The lowest BCUT2D eigenvalue weighted by Crippen LogP contribution is -2.40. The Balaban J connectivity index is 1.43. The van der Waals surface area contributed by atoms with Gasteiger partial charge in [0.25, 0.3) is 17.4 Å². The van der Waals surface area contributed by atoms with E-state index in [-0.39, 0.29) is 5.69 Å². The minimum absolute atomic E-state index is 0.192. The van der Waals surface area contributed by atoms with Crippen LogP contribution in [0.3, 0.4) is 0 Å². The highest BCUT2D eigenvalue weighted by Crippen LogP contribution is 2.22. The van der Waals surface area contributed by atoms with Crippen LogP contribution >= 0.6 is 0 Å². The summed E-state index contributed by atoms with van der Waals surface area (Å²) in [5.41, 5.74) is 3.42. The van der Waals surface area contributed by atoms with E-state index in [0.717, 1.165) is 22.1 Å². The number of hydrogen-bond acceptors (Lipinski definition) is 6. The van der Waals surface area contributed by atoms with Gasteiger partial charge in [0.15, 0.2) is 6.04 Å². The van der Waals surface area contributed by atoms with Crippen molar-refractivity contribution in [3.63, 3.8) is 0 Å². The van der Waals surface area contributed by atoms with Crippen molar-refractivity contribution in [2.45, 2.75) is 6.04 Å². The summed E-state index contributed by atoms with van der Waals surface area (Å²) in [6.45, 7) is 0. The molecule has 2 amide bonds. The molecule has 1 aromatic heterocycles. The predicted molar refractivity (Wildman–Crippen MR) is 145 cm³/mol. The largest absolute Gasteiger partial charge is 0.497 e. The van der Waals surface area contributed by atoms with Gasteiger partial charge in [-0.15, -0.1) is 0 Å². The van der Waals surface area contributed by atoms with Gasteiger partial charge in [0, 0.05) is 10.9 Å². The molecule has 4 aromatic carbocycles. The second-order valence-corrected chi connectivity index (χ2v) is 8.46. The van der Waals surface area contributed by atoms with Gasteiger partial charge in [-0.25, -0.2) is 10.5 Å². The molecule has 188 valence electrons. The molecule has 1 atom stereocenters. The van der Waals surface area contributed by atoms with Crippen LogP contribution in [0.5, 0.6) is 5.75 Å². The van der Waals surface area contributed by atoms with Gasteiger partial charge in [0.05, 0.1) is 18.7 Å². The molecule has 0 radical (unpaired) electrons. The van der Waals surface area contributed by atoms with Gasteiger partial charge in [-0.2, -0.15) is 10.2 Å². The highest BCUT2D eigenvalue weighted by atomic mass is 16.5. The first-order chi connectivity index (χ1) is 18.5. The third-order valence-electron chi connectivity index (χ3n) is 6.03. The minimum Gasteiger partial charge on any atom is -0.497 e. The van der Waals surface area contributed by atoms with Gasteiger partial charge in [0.2, 0.25) is 0 Å². The Morgan fingerprint density at radius 3 is 2.42 bits per heavy atom. The van der Waals surface area contributed by atoms with Crippen LogP contribution in [-0.2, 0) is 4.79 Å². The molecule has 1 heterocycles. The fourth-order valence-corrected chi connectivity index (χ4v) is 4.10. The third kappa shape index (κ3) is 5.12. The lowest BCUT2D eigenvalue weighted by molar-refractivity contribution is -0.123. The number of ether oxygens (including phenoxy) is 1. The van der Waals surface area contributed by atoms with E-state index >= 15 is 0 Å². The molecule has 0 saturated heterocycles. The van der Waals surface area contributed by atoms with Crippen molar-refractivity contribution < 1.29 is 14.3 Å². The Kier molecular flexibility index (Phi) is 6.90. The normalized spacial score (nSPS) is 11.9. The summed E-state index contributed by atoms with van der Waals surface area (Å²) in [6, 6.07) is 25.5. The Morgan fingerprint density at radius 1 is 0.921 bits per heavy atom. The first-order valence-corrected chi connectivity index (χ1v) is 11.8. The number of aromatic amines is 1. The number of amides is 2. The summed E-state index contributed by atoms with van der Waals surface area (Å²) < 4.78 is 5.26. The number of benzene rings is 4. The molecule has 0 aliphatic heterocycles. The topological polar surface area (TPSA) is 126 Å². The van der Waals surface area contributed by atoms with Crippen molar-refractivity contribution in [2.75, 3.05) is 7.11 Å². The number of hydrogen-bond donors (Lipinski definition) is 3. The van der Waals surface area contributed by atoms with Crippen LogP contribution in [0.15, 0.2) is 101 Å². The number of fused-ring (bicyclic) bond motifs is 2. The van der Waals surface area contributed by atoms with Crippen LogP contribution in [0.2, 0.25) is 0 Å². The average molecular weight is 506 g/mol. The zero-order valence-electron chi connectivity index (χ0n) is 20.3. The second kappa shape index (κ2) is 10.8. The molecule has 9 nitrogen and oxygen atoms in total. The lowest BCUT2D eigenvalue weighted by atomic mass is 10.0. The number of methoxy groups -OCH3 is 1. The van der Waals surface area contributed by atoms with Gasteiger partial charge < -0.3 is 10.1 Å². The zero-order valence-corrected chi connectivity index (χ0v) is 20.3. The van der Waals surface area contributed by atoms with Crippen molar-refractivity contribution in [3.05, 3.63) is 118 Å². The van der Waals surface area contributed by atoms with Crippen molar-refractivity contribution in [1.82, 2.24) is 20.9 Å². The maximum absolute atomic E-state index is 13.3. The second-order valence-electron chi connectivity index (χ2n) is 8.46. The highest BCUT2D eigenvalue weighted by Gasteiger charge is 2.27. The molecule has 38 heavy (non-hydrogen) atoms. The van der Waals surface area contributed by atoms with Gasteiger partial charge in [0.1, 0.15) is 11.4 Å². The number of H-pyrrole nitrogens is 1. The highest BCUT2D eigenvalue weighted by molar-refractivity contribution is 5.99. The number of nitrogens with one attached hydrogen (secondary N) is 3. The Labute approximate surface area is 217 Å². The van der Waals surface area contributed by atoms with Crippen molar-refractivity contribution in [2.24, 2.45) is 5.10 Å². The summed E-state index contributed by atoms with van der Waals surface area (Å²) in [4.78, 5) is 38.6. The van der Waals surface area contributed by atoms with Crippen molar-refractivity contribution >= 4 is 39.6 Å². The molecular weight excluding hydrogens is 482 g/mol.